The van der Waals surface area contributed by atoms with Gasteiger partial charge in [-0.25, -0.2) is 21.1 Å². The van der Waals surface area contributed by atoms with Crippen molar-refractivity contribution in [2.75, 3.05) is 37.8 Å². The van der Waals surface area contributed by atoms with Gasteiger partial charge >= 0.3 is 0 Å². The summed E-state index contributed by atoms with van der Waals surface area (Å²) in [4.78, 5) is 12.7. The van der Waals surface area contributed by atoms with Crippen LogP contribution < -0.4 is 14.4 Å². The molecule has 0 saturated heterocycles. The van der Waals surface area contributed by atoms with E-state index in [0.717, 1.165) is 20.4 Å². The van der Waals surface area contributed by atoms with Gasteiger partial charge in [0.2, 0.25) is 26.0 Å². The fourth-order valence-electron chi connectivity index (χ4n) is 2.98. The van der Waals surface area contributed by atoms with Gasteiger partial charge in [0.25, 0.3) is 0 Å². The largest absolute Gasteiger partial charge is 0.492 e. The summed E-state index contributed by atoms with van der Waals surface area (Å²) < 4.78 is 56.5. The average Bonchev–Trinajstić information content (AvgIpc) is 2.70. The molecule has 0 unspecified atom stereocenters. The Hall–Kier alpha value is -2.63. The first kappa shape index (κ1) is 25.6. The van der Waals surface area contributed by atoms with Gasteiger partial charge in [-0.3, -0.25) is 9.10 Å². The fourth-order valence-corrected chi connectivity index (χ4v) is 5.05. The molecule has 0 fully saturated rings. The number of carbonyl (C=O) groups excluding carboxylic acids is 1. The molecule has 0 aliphatic carbocycles. The molecular weight excluding hydrogens is 454 g/mol. The monoisotopic (exact) mass is 483 g/mol. The van der Waals surface area contributed by atoms with Crippen molar-refractivity contribution in [2.24, 2.45) is 0 Å². The van der Waals surface area contributed by atoms with Crippen molar-refractivity contribution in [3.05, 3.63) is 54.1 Å². The Kier molecular flexibility index (Phi) is 8.27. The van der Waals surface area contributed by atoms with Crippen molar-refractivity contribution in [2.45, 2.75) is 24.8 Å². The van der Waals surface area contributed by atoms with Gasteiger partial charge < -0.3 is 10.1 Å². The van der Waals surface area contributed by atoms with Crippen LogP contribution in [0.3, 0.4) is 0 Å². The van der Waals surface area contributed by atoms with Crippen molar-refractivity contribution in [3.63, 3.8) is 0 Å². The zero-order chi connectivity index (χ0) is 24.1. The number of carbonyl (C=O) groups is 1. The van der Waals surface area contributed by atoms with Crippen LogP contribution in [0.5, 0.6) is 5.75 Å². The highest BCUT2D eigenvalue weighted by atomic mass is 32.2. The topological polar surface area (TPSA) is 113 Å². The Morgan fingerprint density at radius 1 is 1.06 bits per heavy atom. The lowest BCUT2D eigenvalue weighted by molar-refractivity contribution is -0.121. The number of aryl methyl sites for hydroxylation is 1. The van der Waals surface area contributed by atoms with E-state index in [9.17, 15) is 21.6 Å². The molecule has 0 heterocycles. The Morgan fingerprint density at radius 2 is 1.69 bits per heavy atom. The van der Waals surface area contributed by atoms with E-state index in [1.165, 1.54) is 45.3 Å². The first-order valence-electron chi connectivity index (χ1n) is 9.83. The van der Waals surface area contributed by atoms with Crippen molar-refractivity contribution < 1.29 is 26.4 Å². The maximum Gasteiger partial charge on any atom is 0.243 e. The van der Waals surface area contributed by atoms with E-state index in [2.05, 4.69) is 5.32 Å². The summed E-state index contributed by atoms with van der Waals surface area (Å²) in [6, 6.07) is 11.9. The van der Waals surface area contributed by atoms with Gasteiger partial charge in [-0.2, -0.15) is 0 Å². The van der Waals surface area contributed by atoms with E-state index in [1.54, 1.807) is 18.2 Å². The minimum Gasteiger partial charge on any atom is -0.492 e. The van der Waals surface area contributed by atoms with Crippen LogP contribution in [-0.2, 0) is 24.8 Å². The maximum atomic E-state index is 12.6. The van der Waals surface area contributed by atoms with Crippen molar-refractivity contribution >= 4 is 31.6 Å². The maximum absolute atomic E-state index is 12.6. The third-order valence-corrected chi connectivity index (χ3v) is 7.69. The summed E-state index contributed by atoms with van der Waals surface area (Å²) in [7, 11) is -4.30. The molecule has 0 saturated carbocycles. The lowest BCUT2D eigenvalue weighted by Gasteiger charge is -2.28. The summed E-state index contributed by atoms with van der Waals surface area (Å²) in [5.74, 6) is -0.0181. The quantitative estimate of drug-likeness (QED) is 0.514. The lowest BCUT2D eigenvalue weighted by Crippen LogP contribution is -2.48. The van der Waals surface area contributed by atoms with Crippen molar-refractivity contribution in [1.29, 1.82) is 0 Å². The highest BCUT2D eigenvalue weighted by Crippen LogP contribution is 2.22. The number of ether oxygens (including phenoxy) is 1. The number of nitrogens with zero attached hydrogens (tertiary/aromatic N) is 2. The van der Waals surface area contributed by atoms with Crippen LogP contribution in [-0.4, -0.2) is 66.6 Å². The number of amides is 1. The zero-order valence-corrected chi connectivity index (χ0v) is 20.4. The predicted octanol–water partition coefficient (Wildman–Crippen LogP) is 1.60. The molecule has 2 aromatic rings. The fraction of sp³-hybridized carbons (Fsp3) is 0.381. The highest BCUT2D eigenvalue weighted by Gasteiger charge is 2.29. The standard InChI is InChI=1S/C21H29N3O6S2/c1-16-7-6-8-18(15-16)24(31(5,26)27)17(2)21(25)22-13-14-30-19-9-11-20(12-10-19)32(28,29)23(3)4/h6-12,15,17H,13-14H2,1-5H3,(H,22,25)/t17-/m0/s1. The number of nitrogens with one attached hydrogen (secondary N) is 1. The minimum atomic E-state index is -3.69. The normalized spacial score (nSPS) is 12.9. The second-order valence-electron chi connectivity index (χ2n) is 7.47. The third kappa shape index (κ3) is 6.44. The number of anilines is 1. The average molecular weight is 484 g/mol. The summed E-state index contributed by atoms with van der Waals surface area (Å²) in [6.07, 6.45) is 1.06. The molecule has 0 aliphatic heterocycles. The molecule has 1 atom stereocenters. The van der Waals surface area contributed by atoms with Crippen molar-refractivity contribution in [3.8, 4) is 5.75 Å². The Bertz CT molecular complexity index is 1150. The van der Waals surface area contributed by atoms with E-state index in [0.29, 0.717) is 11.4 Å². The second kappa shape index (κ2) is 10.3. The first-order valence-corrected chi connectivity index (χ1v) is 13.1. The number of rotatable bonds is 10. The summed E-state index contributed by atoms with van der Waals surface area (Å²) >= 11 is 0. The molecule has 1 N–H and O–H groups in total. The van der Waals surface area contributed by atoms with E-state index in [1.807, 2.05) is 13.0 Å². The van der Waals surface area contributed by atoms with Crippen LogP contribution in [0, 0.1) is 6.92 Å². The third-order valence-electron chi connectivity index (χ3n) is 4.62. The van der Waals surface area contributed by atoms with E-state index in [4.69, 9.17) is 4.74 Å². The Labute approximate surface area is 190 Å². The van der Waals surface area contributed by atoms with Gasteiger partial charge in [0, 0.05) is 14.1 Å². The molecule has 32 heavy (non-hydrogen) atoms. The molecule has 2 aromatic carbocycles. The molecule has 0 spiro atoms. The van der Waals surface area contributed by atoms with E-state index >= 15 is 0 Å². The van der Waals surface area contributed by atoms with E-state index < -0.39 is 32.0 Å². The predicted molar refractivity (Wildman–Crippen MR) is 124 cm³/mol. The number of hydrogen-bond acceptors (Lipinski definition) is 6. The molecule has 0 aliphatic rings. The van der Waals surface area contributed by atoms with Gasteiger partial charge in [0.05, 0.1) is 23.4 Å². The molecule has 9 nitrogen and oxygen atoms in total. The number of hydrogen-bond donors (Lipinski definition) is 1. The van der Waals surface area contributed by atoms with Crippen LogP contribution in [0.4, 0.5) is 5.69 Å². The van der Waals surface area contributed by atoms with Crippen LogP contribution in [0.15, 0.2) is 53.4 Å². The molecule has 0 bridgehead atoms. The summed E-state index contributed by atoms with van der Waals surface area (Å²) in [5, 5.41) is 2.67. The van der Waals surface area contributed by atoms with Gasteiger partial charge in [-0.05, 0) is 55.8 Å². The van der Waals surface area contributed by atoms with E-state index in [-0.39, 0.29) is 18.0 Å². The minimum absolute atomic E-state index is 0.127. The molecule has 176 valence electrons. The second-order valence-corrected chi connectivity index (χ2v) is 11.5. The lowest BCUT2D eigenvalue weighted by atomic mass is 10.2. The summed E-state index contributed by atoms with van der Waals surface area (Å²) in [6.45, 7) is 3.63. The van der Waals surface area contributed by atoms with Crippen LogP contribution in [0.1, 0.15) is 12.5 Å². The van der Waals surface area contributed by atoms with Gasteiger partial charge in [0.15, 0.2) is 0 Å². The Morgan fingerprint density at radius 3 is 2.22 bits per heavy atom. The molecule has 0 aromatic heterocycles. The summed E-state index contributed by atoms with van der Waals surface area (Å²) in [5.41, 5.74) is 1.29. The smallest absolute Gasteiger partial charge is 0.243 e. The van der Waals surface area contributed by atoms with Crippen molar-refractivity contribution in [1.82, 2.24) is 9.62 Å². The van der Waals surface area contributed by atoms with Crippen LogP contribution in [0.2, 0.25) is 0 Å². The number of benzene rings is 2. The van der Waals surface area contributed by atoms with Gasteiger partial charge in [0.1, 0.15) is 18.4 Å². The first-order chi connectivity index (χ1) is 14.8. The van der Waals surface area contributed by atoms with Gasteiger partial charge in [-0.1, -0.05) is 12.1 Å². The molecule has 1 amide bonds. The van der Waals surface area contributed by atoms with Crippen LogP contribution in [0.25, 0.3) is 0 Å². The van der Waals surface area contributed by atoms with Gasteiger partial charge in [-0.15, -0.1) is 0 Å². The SMILES string of the molecule is Cc1cccc(N([C@@H](C)C(=O)NCCOc2ccc(S(=O)(=O)N(C)C)cc2)S(C)(=O)=O)c1. The number of sulfonamides is 2. The molecule has 11 heteroatoms. The zero-order valence-electron chi connectivity index (χ0n) is 18.8. The Balaban J connectivity index is 1.95. The molecule has 2 rings (SSSR count). The highest BCUT2D eigenvalue weighted by molar-refractivity contribution is 7.92. The molecular formula is C21H29N3O6S2. The van der Waals surface area contributed by atoms with Crippen LogP contribution >= 0.6 is 0 Å². The molecule has 0 radical (unpaired) electrons.